The van der Waals surface area contributed by atoms with Crippen LogP contribution >= 0.6 is 0 Å². The molecule has 6 heteroatoms. The highest BCUT2D eigenvalue weighted by Gasteiger charge is 2.11. The van der Waals surface area contributed by atoms with Gasteiger partial charge in [0, 0.05) is 26.3 Å². The van der Waals surface area contributed by atoms with Crippen LogP contribution in [0.3, 0.4) is 0 Å². The van der Waals surface area contributed by atoms with Crippen molar-refractivity contribution in [2.24, 2.45) is 7.05 Å². The maximum atomic E-state index is 11.4. The predicted octanol–water partition coefficient (Wildman–Crippen LogP) is -0.571. The Bertz CT molecular complexity index is 322. The SMILES string of the molecule is CCNC(=O)C(C)NCc1cn(C)nn1. The van der Waals surface area contributed by atoms with Crippen molar-refractivity contribution in [1.29, 1.82) is 0 Å². The van der Waals surface area contributed by atoms with Crippen LogP contribution in [0.4, 0.5) is 0 Å². The number of aryl methyl sites for hydroxylation is 1. The number of likely N-dealkylation sites (N-methyl/N-ethyl adjacent to an activating group) is 1. The van der Waals surface area contributed by atoms with E-state index >= 15 is 0 Å². The summed E-state index contributed by atoms with van der Waals surface area (Å²) in [6, 6.07) is -0.216. The van der Waals surface area contributed by atoms with E-state index in [0.29, 0.717) is 13.1 Å². The first-order valence-corrected chi connectivity index (χ1v) is 4.99. The van der Waals surface area contributed by atoms with Crippen molar-refractivity contribution >= 4 is 5.91 Å². The van der Waals surface area contributed by atoms with Crippen LogP contribution in [-0.2, 0) is 18.4 Å². The molecule has 15 heavy (non-hydrogen) atoms. The molecule has 1 unspecified atom stereocenters. The van der Waals surface area contributed by atoms with Crippen molar-refractivity contribution in [2.45, 2.75) is 26.4 Å². The molecule has 1 atom stereocenters. The van der Waals surface area contributed by atoms with E-state index in [1.165, 1.54) is 0 Å². The van der Waals surface area contributed by atoms with Crippen LogP contribution in [0.1, 0.15) is 19.5 Å². The topological polar surface area (TPSA) is 71.8 Å². The molecule has 84 valence electrons. The summed E-state index contributed by atoms with van der Waals surface area (Å²) in [6.07, 6.45) is 1.82. The molecular weight excluding hydrogens is 194 g/mol. The highest BCUT2D eigenvalue weighted by Crippen LogP contribution is 1.92. The lowest BCUT2D eigenvalue weighted by atomic mass is 10.3. The summed E-state index contributed by atoms with van der Waals surface area (Å²) < 4.78 is 1.63. The molecule has 0 saturated heterocycles. The lowest BCUT2D eigenvalue weighted by molar-refractivity contribution is -0.122. The Balaban J connectivity index is 2.33. The highest BCUT2D eigenvalue weighted by atomic mass is 16.2. The third kappa shape index (κ3) is 3.67. The van der Waals surface area contributed by atoms with Gasteiger partial charge in [0.25, 0.3) is 0 Å². The van der Waals surface area contributed by atoms with Crippen LogP contribution in [0.2, 0.25) is 0 Å². The van der Waals surface area contributed by atoms with E-state index in [9.17, 15) is 4.79 Å². The molecule has 0 aliphatic carbocycles. The molecule has 6 nitrogen and oxygen atoms in total. The molecule has 0 aliphatic heterocycles. The van der Waals surface area contributed by atoms with E-state index < -0.39 is 0 Å². The minimum atomic E-state index is -0.216. The molecule has 0 saturated carbocycles. The van der Waals surface area contributed by atoms with Gasteiger partial charge in [-0.1, -0.05) is 5.21 Å². The monoisotopic (exact) mass is 211 g/mol. The van der Waals surface area contributed by atoms with Crippen molar-refractivity contribution in [3.8, 4) is 0 Å². The molecule has 2 N–H and O–H groups in total. The van der Waals surface area contributed by atoms with Crippen molar-refractivity contribution in [2.75, 3.05) is 6.54 Å². The summed E-state index contributed by atoms with van der Waals surface area (Å²) in [7, 11) is 1.81. The maximum Gasteiger partial charge on any atom is 0.236 e. The van der Waals surface area contributed by atoms with Gasteiger partial charge in [-0.2, -0.15) is 0 Å². The average Bonchev–Trinajstić information content (AvgIpc) is 2.61. The smallest absolute Gasteiger partial charge is 0.236 e. The Morgan fingerprint density at radius 2 is 2.40 bits per heavy atom. The van der Waals surface area contributed by atoms with Crippen LogP contribution in [0, 0.1) is 0 Å². The summed E-state index contributed by atoms with van der Waals surface area (Å²) >= 11 is 0. The maximum absolute atomic E-state index is 11.4. The zero-order valence-electron chi connectivity index (χ0n) is 9.32. The van der Waals surface area contributed by atoms with Gasteiger partial charge >= 0.3 is 0 Å². The molecule has 0 aromatic carbocycles. The number of nitrogens with zero attached hydrogens (tertiary/aromatic N) is 3. The lowest BCUT2D eigenvalue weighted by Crippen LogP contribution is -2.41. The molecule has 0 radical (unpaired) electrons. The fourth-order valence-corrected chi connectivity index (χ4v) is 1.15. The minimum Gasteiger partial charge on any atom is -0.355 e. The highest BCUT2D eigenvalue weighted by molar-refractivity contribution is 5.81. The molecule has 0 bridgehead atoms. The first kappa shape index (κ1) is 11.6. The Hall–Kier alpha value is -1.43. The summed E-state index contributed by atoms with van der Waals surface area (Å²) in [5.41, 5.74) is 0.827. The van der Waals surface area contributed by atoms with E-state index in [1.54, 1.807) is 4.68 Å². The van der Waals surface area contributed by atoms with Crippen LogP contribution in [0.5, 0.6) is 0 Å². The second kappa shape index (κ2) is 5.45. The standard InChI is InChI=1S/C9H17N5O/c1-4-10-9(15)7(2)11-5-8-6-14(3)13-12-8/h6-7,11H,4-5H2,1-3H3,(H,10,15). The van der Waals surface area contributed by atoms with Gasteiger partial charge in [0.1, 0.15) is 0 Å². The second-order valence-corrected chi connectivity index (χ2v) is 3.38. The van der Waals surface area contributed by atoms with Gasteiger partial charge in [0.2, 0.25) is 5.91 Å². The Morgan fingerprint density at radius 1 is 1.67 bits per heavy atom. The summed E-state index contributed by atoms with van der Waals surface area (Å²) in [5, 5.41) is 13.5. The molecule has 1 aromatic rings. The average molecular weight is 211 g/mol. The number of rotatable bonds is 5. The van der Waals surface area contributed by atoms with E-state index in [4.69, 9.17) is 0 Å². The number of hydrogen-bond acceptors (Lipinski definition) is 4. The largest absolute Gasteiger partial charge is 0.355 e. The van der Waals surface area contributed by atoms with Gasteiger partial charge in [0.15, 0.2) is 0 Å². The molecule has 1 rings (SSSR count). The van der Waals surface area contributed by atoms with Gasteiger partial charge in [-0.05, 0) is 13.8 Å². The van der Waals surface area contributed by atoms with Crippen molar-refractivity contribution in [3.05, 3.63) is 11.9 Å². The summed E-state index contributed by atoms with van der Waals surface area (Å²) in [4.78, 5) is 11.4. The van der Waals surface area contributed by atoms with Gasteiger partial charge in [-0.15, -0.1) is 5.10 Å². The lowest BCUT2D eigenvalue weighted by Gasteiger charge is -2.11. The predicted molar refractivity (Wildman–Crippen MR) is 56.0 cm³/mol. The molecule has 1 amide bonds. The van der Waals surface area contributed by atoms with E-state index in [1.807, 2.05) is 27.1 Å². The van der Waals surface area contributed by atoms with Crippen LogP contribution in [0.15, 0.2) is 6.20 Å². The number of hydrogen-bond donors (Lipinski definition) is 2. The second-order valence-electron chi connectivity index (χ2n) is 3.38. The van der Waals surface area contributed by atoms with Crippen LogP contribution in [-0.4, -0.2) is 33.5 Å². The van der Waals surface area contributed by atoms with E-state index in [2.05, 4.69) is 20.9 Å². The first-order valence-electron chi connectivity index (χ1n) is 4.99. The third-order valence-corrected chi connectivity index (χ3v) is 1.98. The van der Waals surface area contributed by atoms with E-state index in [0.717, 1.165) is 5.69 Å². The summed E-state index contributed by atoms with van der Waals surface area (Å²) in [6.45, 7) is 4.91. The number of amides is 1. The van der Waals surface area contributed by atoms with Crippen molar-refractivity contribution < 1.29 is 4.79 Å². The van der Waals surface area contributed by atoms with Crippen LogP contribution < -0.4 is 10.6 Å². The fraction of sp³-hybridized carbons (Fsp3) is 0.667. The molecule has 0 fully saturated rings. The Labute approximate surface area is 89.0 Å². The fourth-order valence-electron chi connectivity index (χ4n) is 1.15. The van der Waals surface area contributed by atoms with Crippen LogP contribution in [0.25, 0.3) is 0 Å². The number of carbonyl (C=O) groups is 1. The molecule has 0 spiro atoms. The molecule has 1 aromatic heterocycles. The third-order valence-electron chi connectivity index (χ3n) is 1.98. The van der Waals surface area contributed by atoms with Gasteiger partial charge in [-0.25, -0.2) is 0 Å². The van der Waals surface area contributed by atoms with Gasteiger partial charge in [-0.3, -0.25) is 9.48 Å². The molecule has 0 aliphatic rings. The Kier molecular flexibility index (Phi) is 4.23. The summed E-state index contributed by atoms with van der Waals surface area (Å²) in [5.74, 6) is 0.00129. The van der Waals surface area contributed by atoms with Crippen molar-refractivity contribution in [3.63, 3.8) is 0 Å². The minimum absolute atomic E-state index is 0.00129. The van der Waals surface area contributed by atoms with E-state index in [-0.39, 0.29) is 11.9 Å². The van der Waals surface area contributed by atoms with Gasteiger partial charge < -0.3 is 10.6 Å². The molecular formula is C9H17N5O. The Morgan fingerprint density at radius 3 is 2.93 bits per heavy atom. The normalized spacial score (nSPS) is 12.5. The number of carbonyl (C=O) groups excluding carboxylic acids is 1. The number of aromatic nitrogens is 3. The molecule has 1 heterocycles. The number of nitrogens with one attached hydrogen (secondary N) is 2. The quantitative estimate of drug-likeness (QED) is 0.684. The van der Waals surface area contributed by atoms with Crippen molar-refractivity contribution in [1.82, 2.24) is 25.6 Å². The zero-order valence-corrected chi connectivity index (χ0v) is 9.32. The first-order chi connectivity index (χ1) is 7.13. The van der Waals surface area contributed by atoms with Gasteiger partial charge in [0.05, 0.1) is 11.7 Å². The zero-order chi connectivity index (χ0) is 11.3.